The first-order valence-electron chi connectivity index (χ1n) is 16.5. The Bertz CT molecular complexity index is 2730. The van der Waals surface area contributed by atoms with Gasteiger partial charge in [0.25, 0.3) is 0 Å². The molecule has 0 spiro atoms. The molecule has 8 aromatic carbocycles. The Labute approximate surface area is 297 Å². The van der Waals surface area contributed by atoms with E-state index in [0.29, 0.717) is 16.5 Å². The van der Waals surface area contributed by atoms with E-state index >= 15 is 0 Å². The predicted octanol–water partition coefficient (Wildman–Crippen LogP) is 6.53. The summed E-state index contributed by atoms with van der Waals surface area (Å²) in [6, 6.07) is 48.3. The summed E-state index contributed by atoms with van der Waals surface area (Å²) in [5.41, 5.74) is 11.0. The highest BCUT2D eigenvalue weighted by atomic mass is 16.3. The van der Waals surface area contributed by atoms with Gasteiger partial charge in [-0.2, -0.15) is 0 Å². The van der Waals surface area contributed by atoms with Crippen LogP contribution in [0.25, 0.3) is 88.0 Å². The number of hydrogen-bond acceptors (Lipinski definition) is 1. The van der Waals surface area contributed by atoms with E-state index in [1.165, 1.54) is 0 Å². The summed E-state index contributed by atoms with van der Waals surface area (Å²) in [5.74, 6) is 0. The number of rotatable bonds is 4. The van der Waals surface area contributed by atoms with Crippen LogP contribution in [0.1, 0.15) is 0 Å². The second-order valence-electron chi connectivity index (χ2n) is 12.7. The van der Waals surface area contributed by atoms with Crippen LogP contribution in [0, 0.1) is 0 Å². The second kappa shape index (κ2) is 11.8. The molecule has 0 amide bonds. The second-order valence-corrected chi connectivity index (χ2v) is 12.7. The third-order valence-electron chi connectivity index (χ3n) is 9.97. The number of benzene rings is 8. The van der Waals surface area contributed by atoms with Crippen molar-refractivity contribution >= 4 is 110 Å². The maximum absolute atomic E-state index is 6.80. The van der Waals surface area contributed by atoms with E-state index in [9.17, 15) is 0 Å². The molecule has 9 rings (SSSR count). The summed E-state index contributed by atoms with van der Waals surface area (Å²) in [4.78, 5) is 0. The minimum Gasteiger partial charge on any atom is -0.455 e. The zero-order chi connectivity index (χ0) is 34.1. The SMILES string of the molecule is [B]c1c([B])c([B])c(-c2c3ccccc3c(-c3cccc4oc5c(-c6ccccc6-c6ccccc6)cccc5c34)c3ccccc23)c([B])c1[B]. The van der Waals surface area contributed by atoms with Gasteiger partial charge >= 0.3 is 0 Å². The molecule has 0 aliphatic carbocycles. The number of furan rings is 1. The highest BCUT2D eigenvalue weighted by Crippen LogP contribution is 2.47. The number of fused-ring (bicyclic) bond motifs is 5. The van der Waals surface area contributed by atoms with Crippen LogP contribution in [0.15, 0.2) is 144 Å². The molecular formula is C44H23B5O. The molecule has 0 aliphatic heterocycles. The average molecular weight is 622 g/mol. The third-order valence-corrected chi connectivity index (χ3v) is 9.97. The van der Waals surface area contributed by atoms with Crippen molar-refractivity contribution < 1.29 is 4.42 Å². The molecule has 10 radical (unpaired) electrons. The maximum atomic E-state index is 6.80. The third kappa shape index (κ3) is 4.48. The van der Waals surface area contributed by atoms with Gasteiger partial charge in [-0.25, -0.2) is 0 Å². The first-order chi connectivity index (χ1) is 24.4. The Balaban J connectivity index is 1.38. The highest BCUT2D eigenvalue weighted by Gasteiger charge is 2.23. The lowest BCUT2D eigenvalue weighted by Gasteiger charge is -2.25. The predicted molar refractivity (Wildman–Crippen MR) is 217 cm³/mol. The standard InChI is InChI=1S/C44H23B5O/c45-39-38(40(46)42(48)43(49)41(39)47)37-29-18-8-6-16-27(29)35(28-17-7-9-19-30(28)37)32-21-11-23-34-36(32)33-22-10-20-31(44(33)50-34)26-15-5-4-14-25(26)24-12-2-1-3-13-24/h1-23H. The molecule has 6 heteroatoms. The van der Waals surface area contributed by atoms with Crippen LogP contribution in [0.5, 0.6) is 0 Å². The fraction of sp³-hybridized carbons (Fsp3) is 0. The minimum absolute atomic E-state index is 0.193. The van der Waals surface area contributed by atoms with Crippen molar-refractivity contribution in [1.29, 1.82) is 0 Å². The van der Waals surface area contributed by atoms with Gasteiger partial charge in [0.2, 0.25) is 0 Å². The fourth-order valence-electron chi connectivity index (χ4n) is 7.66. The molecule has 1 heterocycles. The topological polar surface area (TPSA) is 13.1 Å². The van der Waals surface area contributed by atoms with E-state index in [1.807, 2.05) is 24.3 Å². The van der Waals surface area contributed by atoms with Gasteiger partial charge in [0.15, 0.2) is 0 Å². The summed E-state index contributed by atoms with van der Waals surface area (Å²) in [6.07, 6.45) is 0. The van der Waals surface area contributed by atoms with Crippen molar-refractivity contribution in [3.8, 4) is 44.5 Å². The maximum Gasteiger partial charge on any atom is 0.143 e. The Hall–Kier alpha value is -5.60. The van der Waals surface area contributed by atoms with Gasteiger partial charge in [0.1, 0.15) is 50.4 Å². The summed E-state index contributed by atoms with van der Waals surface area (Å²) >= 11 is 0. The lowest BCUT2D eigenvalue weighted by molar-refractivity contribution is 0.670. The zero-order valence-corrected chi connectivity index (χ0v) is 27.1. The minimum atomic E-state index is 0.193. The molecule has 220 valence electrons. The lowest BCUT2D eigenvalue weighted by Crippen LogP contribution is -2.55. The van der Waals surface area contributed by atoms with Gasteiger partial charge in [-0.1, -0.05) is 144 Å². The van der Waals surface area contributed by atoms with Gasteiger partial charge in [-0.05, 0) is 66.6 Å². The molecule has 50 heavy (non-hydrogen) atoms. The number of hydrogen-bond donors (Lipinski definition) is 0. The van der Waals surface area contributed by atoms with Gasteiger partial charge < -0.3 is 4.42 Å². The Kier molecular flexibility index (Phi) is 7.18. The van der Waals surface area contributed by atoms with Crippen LogP contribution < -0.4 is 27.3 Å². The van der Waals surface area contributed by atoms with Crippen molar-refractivity contribution in [2.24, 2.45) is 0 Å². The summed E-state index contributed by atoms with van der Waals surface area (Å²) in [5, 5.41) is 6.07. The molecule has 1 aromatic heterocycles. The van der Waals surface area contributed by atoms with Crippen molar-refractivity contribution in [3.63, 3.8) is 0 Å². The average Bonchev–Trinajstić information content (AvgIpc) is 3.56. The smallest absolute Gasteiger partial charge is 0.143 e. The molecule has 0 saturated carbocycles. The molecule has 0 N–H and O–H groups in total. The molecule has 0 saturated heterocycles. The van der Waals surface area contributed by atoms with E-state index < -0.39 is 0 Å². The van der Waals surface area contributed by atoms with Crippen LogP contribution in [-0.2, 0) is 0 Å². The van der Waals surface area contributed by atoms with Gasteiger partial charge in [0, 0.05) is 16.3 Å². The van der Waals surface area contributed by atoms with Crippen molar-refractivity contribution in [2.45, 2.75) is 0 Å². The summed E-state index contributed by atoms with van der Waals surface area (Å²) in [7, 11) is 32.4. The largest absolute Gasteiger partial charge is 0.455 e. The van der Waals surface area contributed by atoms with Crippen LogP contribution in [0.2, 0.25) is 0 Å². The Morgan fingerprint density at radius 3 is 1.42 bits per heavy atom. The molecular weight excluding hydrogens is 599 g/mol. The molecule has 0 aliphatic rings. The highest BCUT2D eigenvalue weighted by molar-refractivity contribution is 6.69. The summed E-state index contributed by atoms with van der Waals surface area (Å²) in [6.45, 7) is 0. The van der Waals surface area contributed by atoms with Crippen LogP contribution in [0.3, 0.4) is 0 Å². The van der Waals surface area contributed by atoms with Crippen LogP contribution in [0.4, 0.5) is 0 Å². The fourth-order valence-corrected chi connectivity index (χ4v) is 7.66. The first kappa shape index (κ1) is 30.5. The molecule has 0 atom stereocenters. The van der Waals surface area contributed by atoms with E-state index in [2.05, 4.69) is 115 Å². The van der Waals surface area contributed by atoms with Gasteiger partial charge in [-0.3, -0.25) is 0 Å². The Morgan fingerprint density at radius 2 is 0.780 bits per heavy atom. The normalized spacial score (nSPS) is 11.6. The van der Waals surface area contributed by atoms with Gasteiger partial charge in [0.05, 0.1) is 0 Å². The van der Waals surface area contributed by atoms with E-state index in [4.69, 9.17) is 43.6 Å². The molecule has 0 unspecified atom stereocenters. The van der Waals surface area contributed by atoms with E-state index in [1.54, 1.807) is 0 Å². The molecule has 1 nitrogen and oxygen atoms in total. The molecule has 9 aromatic rings. The quantitative estimate of drug-likeness (QED) is 0.161. The first-order valence-corrected chi connectivity index (χ1v) is 16.5. The Morgan fingerprint density at radius 1 is 0.320 bits per heavy atom. The van der Waals surface area contributed by atoms with Crippen molar-refractivity contribution in [3.05, 3.63) is 140 Å². The molecule has 0 fully saturated rings. The van der Waals surface area contributed by atoms with Crippen molar-refractivity contribution in [2.75, 3.05) is 0 Å². The van der Waals surface area contributed by atoms with Crippen molar-refractivity contribution in [1.82, 2.24) is 0 Å². The lowest BCUT2D eigenvalue weighted by atomic mass is 9.59. The molecule has 0 bridgehead atoms. The number of para-hydroxylation sites is 1. The summed E-state index contributed by atoms with van der Waals surface area (Å²) < 4.78 is 6.80. The van der Waals surface area contributed by atoms with Crippen LogP contribution >= 0.6 is 0 Å². The monoisotopic (exact) mass is 622 g/mol. The van der Waals surface area contributed by atoms with Gasteiger partial charge in [-0.15, -0.1) is 16.4 Å². The van der Waals surface area contributed by atoms with E-state index in [0.717, 1.165) is 82.4 Å². The zero-order valence-electron chi connectivity index (χ0n) is 27.1. The van der Waals surface area contributed by atoms with Crippen LogP contribution in [-0.4, -0.2) is 39.2 Å². The van der Waals surface area contributed by atoms with E-state index in [-0.39, 0.29) is 16.4 Å².